The molecule has 0 amide bonds. The van der Waals surface area contributed by atoms with Gasteiger partial charge in [-0.3, -0.25) is 0 Å². The third-order valence-electron chi connectivity index (χ3n) is 6.12. The molecule has 170 valence electrons. The Morgan fingerprint density at radius 2 is 1.32 bits per heavy atom. The summed E-state index contributed by atoms with van der Waals surface area (Å²) in [4.78, 5) is 0. The van der Waals surface area contributed by atoms with Gasteiger partial charge in [0.05, 0.1) is 5.52 Å². The predicted octanol–water partition coefficient (Wildman–Crippen LogP) is 5.40. The highest BCUT2D eigenvalue weighted by molar-refractivity contribution is 5.74. The number of hydrogen-bond donors (Lipinski definition) is 1. The first kappa shape index (κ1) is 21.9. The molecule has 0 fully saturated rings. The first-order valence-electron chi connectivity index (χ1n) is 11.6. The minimum atomic E-state index is -1.20. The molecule has 0 spiro atoms. The number of aliphatic hydroxyl groups excluding tert-OH is 1. The zero-order valence-corrected chi connectivity index (χ0v) is 18.9. The smallest absolute Gasteiger partial charge is 0.233 e. The largest absolute Gasteiger partial charge is 0.463 e. The second-order valence-electron chi connectivity index (χ2n) is 8.45. The van der Waals surface area contributed by atoms with E-state index < -0.39 is 11.8 Å². The Bertz CT molecular complexity index is 1280. The maximum atomic E-state index is 11.9. The lowest BCUT2D eigenvalue weighted by Crippen LogP contribution is -2.52. The third kappa shape index (κ3) is 4.56. The van der Waals surface area contributed by atoms with Crippen molar-refractivity contribution in [3.8, 4) is 5.75 Å². The number of aromatic nitrogens is 3. The summed E-state index contributed by atoms with van der Waals surface area (Å²) in [7, 11) is 0. The number of aliphatic hydroxyl groups is 1. The molecule has 0 aliphatic heterocycles. The molecule has 0 saturated carbocycles. The van der Waals surface area contributed by atoms with E-state index in [0.29, 0.717) is 25.0 Å². The van der Waals surface area contributed by atoms with Crippen molar-refractivity contribution in [2.45, 2.75) is 31.1 Å². The van der Waals surface area contributed by atoms with Crippen LogP contribution >= 0.6 is 0 Å². The van der Waals surface area contributed by atoms with Gasteiger partial charge >= 0.3 is 0 Å². The Balaban J connectivity index is 1.62. The number of hydrogen-bond acceptors (Lipinski definition) is 4. The van der Waals surface area contributed by atoms with Gasteiger partial charge in [-0.15, -0.1) is 5.10 Å². The number of benzene rings is 4. The van der Waals surface area contributed by atoms with Crippen LogP contribution < -0.4 is 4.74 Å². The van der Waals surface area contributed by atoms with Crippen molar-refractivity contribution in [3.05, 3.63) is 126 Å². The maximum Gasteiger partial charge on any atom is 0.233 e. The van der Waals surface area contributed by atoms with Gasteiger partial charge in [-0.1, -0.05) is 96.2 Å². The summed E-state index contributed by atoms with van der Waals surface area (Å²) in [5.74, 6) is 0.664. The van der Waals surface area contributed by atoms with Gasteiger partial charge in [0.1, 0.15) is 17.4 Å². The molecule has 4 aromatic carbocycles. The minimum Gasteiger partial charge on any atom is -0.463 e. The fourth-order valence-corrected chi connectivity index (χ4v) is 4.38. The number of aryl methyl sites for hydroxylation is 1. The van der Waals surface area contributed by atoms with Crippen LogP contribution in [-0.2, 0) is 18.6 Å². The predicted molar refractivity (Wildman–Crippen MR) is 133 cm³/mol. The monoisotopic (exact) mass is 449 g/mol. The zero-order valence-electron chi connectivity index (χ0n) is 18.9. The van der Waals surface area contributed by atoms with Gasteiger partial charge in [-0.2, -0.15) is 4.68 Å². The standard InChI is InChI=1S/C29H27N3O2/c33-28(21-20-23-12-4-1-5-13-23)29(22-24-14-6-2-7-15-24,34-25-16-8-3-9-17-25)32-27-19-11-10-18-26(27)30-31-32/h1-19,28,33H,20-22H2. The van der Waals surface area contributed by atoms with E-state index >= 15 is 0 Å². The van der Waals surface area contributed by atoms with Crippen LogP contribution in [0.2, 0.25) is 0 Å². The summed E-state index contributed by atoms with van der Waals surface area (Å²) < 4.78 is 8.48. The second-order valence-corrected chi connectivity index (χ2v) is 8.45. The van der Waals surface area contributed by atoms with Crippen LogP contribution in [-0.4, -0.2) is 26.2 Å². The molecule has 0 aliphatic carbocycles. The molecule has 0 bridgehead atoms. The Hall–Kier alpha value is -3.96. The average Bonchev–Trinajstić information content (AvgIpc) is 3.33. The molecule has 5 aromatic rings. The molecule has 0 aliphatic rings. The molecular formula is C29H27N3O2. The summed E-state index contributed by atoms with van der Waals surface area (Å²) >= 11 is 0. The van der Waals surface area contributed by atoms with Gasteiger partial charge in [0.2, 0.25) is 5.72 Å². The van der Waals surface area contributed by atoms with Gasteiger partial charge < -0.3 is 9.84 Å². The SMILES string of the molecule is OC(CCc1ccccc1)C(Cc1ccccc1)(Oc1ccccc1)n1nnc2ccccc21. The third-order valence-corrected chi connectivity index (χ3v) is 6.12. The zero-order chi connectivity index (χ0) is 23.2. The molecule has 5 nitrogen and oxygen atoms in total. The van der Waals surface area contributed by atoms with E-state index in [-0.39, 0.29) is 0 Å². The van der Waals surface area contributed by atoms with Crippen molar-refractivity contribution in [3.63, 3.8) is 0 Å². The first-order valence-corrected chi connectivity index (χ1v) is 11.6. The van der Waals surface area contributed by atoms with Gasteiger partial charge in [0.25, 0.3) is 0 Å². The fourth-order valence-electron chi connectivity index (χ4n) is 4.38. The van der Waals surface area contributed by atoms with Crippen molar-refractivity contribution < 1.29 is 9.84 Å². The Morgan fingerprint density at radius 3 is 2.03 bits per heavy atom. The van der Waals surface area contributed by atoms with Gasteiger partial charge in [0.15, 0.2) is 0 Å². The number of para-hydroxylation sites is 2. The summed E-state index contributed by atoms with van der Waals surface area (Å²) in [6, 6.07) is 37.7. The molecule has 5 rings (SSSR count). The normalized spacial score (nSPS) is 13.9. The van der Waals surface area contributed by atoms with Crippen LogP contribution in [0.25, 0.3) is 11.0 Å². The highest BCUT2D eigenvalue weighted by Crippen LogP contribution is 2.34. The fraction of sp³-hybridized carbons (Fsp3) is 0.172. The molecule has 1 N–H and O–H groups in total. The van der Waals surface area contributed by atoms with Crippen LogP contribution in [0.3, 0.4) is 0 Å². The minimum absolute atomic E-state index is 0.423. The van der Waals surface area contributed by atoms with E-state index in [1.165, 1.54) is 5.56 Å². The Morgan fingerprint density at radius 1 is 0.735 bits per heavy atom. The molecule has 0 radical (unpaired) electrons. The average molecular weight is 450 g/mol. The quantitative estimate of drug-likeness (QED) is 0.327. The van der Waals surface area contributed by atoms with Gasteiger partial charge in [-0.25, -0.2) is 0 Å². The molecule has 2 unspecified atom stereocenters. The second kappa shape index (κ2) is 9.89. The number of ether oxygens (including phenoxy) is 1. The molecule has 1 heterocycles. The summed E-state index contributed by atoms with van der Waals surface area (Å²) in [6.07, 6.45) is 0.769. The lowest BCUT2D eigenvalue weighted by Gasteiger charge is -2.39. The van der Waals surface area contributed by atoms with Crippen LogP contribution in [0.15, 0.2) is 115 Å². The van der Waals surface area contributed by atoms with Crippen LogP contribution in [0.1, 0.15) is 17.5 Å². The maximum absolute atomic E-state index is 11.9. The Labute approximate surface area is 199 Å². The van der Waals surface area contributed by atoms with E-state index in [1.54, 1.807) is 4.68 Å². The summed E-state index contributed by atoms with van der Waals surface area (Å²) in [5.41, 5.74) is 2.57. The van der Waals surface area contributed by atoms with E-state index in [4.69, 9.17) is 4.74 Å². The van der Waals surface area contributed by atoms with E-state index in [9.17, 15) is 5.11 Å². The van der Waals surface area contributed by atoms with Crippen LogP contribution in [0.5, 0.6) is 5.75 Å². The molecule has 2 atom stereocenters. The highest BCUT2D eigenvalue weighted by atomic mass is 16.5. The van der Waals surface area contributed by atoms with Crippen molar-refractivity contribution in [2.24, 2.45) is 0 Å². The number of nitrogens with zero attached hydrogens (tertiary/aromatic N) is 3. The van der Waals surface area contributed by atoms with Gasteiger partial charge in [0, 0.05) is 6.42 Å². The topological polar surface area (TPSA) is 60.2 Å². The summed E-state index contributed by atoms with van der Waals surface area (Å²) in [5, 5.41) is 20.8. The van der Waals surface area contributed by atoms with Crippen molar-refractivity contribution in [1.82, 2.24) is 15.0 Å². The van der Waals surface area contributed by atoms with E-state index in [2.05, 4.69) is 22.4 Å². The Kier molecular flexibility index (Phi) is 6.36. The molecule has 5 heteroatoms. The molecule has 0 saturated heterocycles. The lowest BCUT2D eigenvalue weighted by molar-refractivity contribution is -0.122. The van der Waals surface area contributed by atoms with Crippen LogP contribution in [0.4, 0.5) is 0 Å². The van der Waals surface area contributed by atoms with Crippen LogP contribution in [0, 0.1) is 0 Å². The number of fused-ring (bicyclic) bond motifs is 1. The molecule has 1 aromatic heterocycles. The van der Waals surface area contributed by atoms with Gasteiger partial charge in [-0.05, 0) is 48.2 Å². The molecular weight excluding hydrogens is 422 g/mol. The number of rotatable bonds is 9. The molecule has 34 heavy (non-hydrogen) atoms. The van der Waals surface area contributed by atoms with Crippen molar-refractivity contribution in [1.29, 1.82) is 0 Å². The lowest BCUT2D eigenvalue weighted by atomic mass is 9.92. The summed E-state index contributed by atoms with van der Waals surface area (Å²) in [6.45, 7) is 0. The van der Waals surface area contributed by atoms with Crippen molar-refractivity contribution >= 4 is 11.0 Å². The first-order chi connectivity index (χ1) is 16.7. The van der Waals surface area contributed by atoms with Crippen molar-refractivity contribution in [2.75, 3.05) is 0 Å². The highest BCUT2D eigenvalue weighted by Gasteiger charge is 2.44. The van der Waals surface area contributed by atoms with E-state index in [0.717, 1.165) is 16.6 Å². The van der Waals surface area contributed by atoms with E-state index in [1.807, 2.05) is 103 Å².